The number of imidazole rings is 1. The molecule has 0 atom stereocenters. The van der Waals surface area contributed by atoms with Crippen molar-refractivity contribution in [3.63, 3.8) is 0 Å². The van der Waals surface area contributed by atoms with Crippen LogP contribution in [-0.2, 0) is 13.1 Å². The Bertz CT molecular complexity index is 849. The molecule has 144 valence electrons. The molecule has 7 nitrogen and oxygen atoms in total. The summed E-state index contributed by atoms with van der Waals surface area (Å²) in [5, 5.41) is 2.68. The van der Waals surface area contributed by atoms with Crippen LogP contribution in [0.4, 0.5) is 23.7 Å². The molecule has 1 N–H and O–H groups in total. The van der Waals surface area contributed by atoms with Crippen LogP contribution in [0.5, 0.6) is 0 Å². The van der Waals surface area contributed by atoms with Gasteiger partial charge >= 0.3 is 12.2 Å². The average molecular weight is 381 g/mol. The van der Waals surface area contributed by atoms with Gasteiger partial charge in [0.05, 0.1) is 6.54 Å². The molecule has 3 rings (SSSR count). The van der Waals surface area contributed by atoms with E-state index in [0.29, 0.717) is 24.3 Å². The van der Waals surface area contributed by atoms with Gasteiger partial charge in [-0.2, -0.15) is 13.2 Å². The number of nitrogens with zero attached hydrogens (tertiary/aromatic N) is 4. The SMILES string of the molecule is CN(Cc1nccn1CC(F)(F)F)C(=O)c1cccc(N2CCNC2=O)c1. The number of amides is 3. The van der Waals surface area contributed by atoms with Crippen molar-refractivity contribution in [2.45, 2.75) is 19.3 Å². The maximum absolute atomic E-state index is 12.7. The predicted molar refractivity (Wildman–Crippen MR) is 91.3 cm³/mol. The van der Waals surface area contributed by atoms with Crippen LogP contribution in [-0.4, -0.2) is 52.7 Å². The summed E-state index contributed by atoms with van der Waals surface area (Å²) in [5.41, 5.74) is 0.923. The van der Waals surface area contributed by atoms with Crippen LogP contribution in [0.25, 0.3) is 0 Å². The quantitative estimate of drug-likeness (QED) is 0.864. The van der Waals surface area contributed by atoms with Crippen LogP contribution in [0.1, 0.15) is 16.2 Å². The van der Waals surface area contributed by atoms with E-state index in [-0.39, 0.29) is 24.3 Å². The maximum Gasteiger partial charge on any atom is 0.406 e. The van der Waals surface area contributed by atoms with Crippen LogP contribution in [0.2, 0.25) is 0 Å². The van der Waals surface area contributed by atoms with E-state index in [1.165, 1.54) is 29.2 Å². The maximum atomic E-state index is 12.7. The van der Waals surface area contributed by atoms with Crippen molar-refractivity contribution >= 4 is 17.6 Å². The summed E-state index contributed by atoms with van der Waals surface area (Å²) in [6, 6.07) is 6.33. The minimum Gasteiger partial charge on any atom is -0.336 e. The van der Waals surface area contributed by atoms with Crippen LogP contribution >= 0.6 is 0 Å². The minimum absolute atomic E-state index is 0.0731. The van der Waals surface area contributed by atoms with E-state index in [0.717, 1.165) is 4.57 Å². The van der Waals surface area contributed by atoms with Crippen molar-refractivity contribution in [1.29, 1.82) is 0 Å². The number of alkyl halides is 3. The van der Waals surface area contributed by atoms with E-state index < -0.39 is 12.7 Å². The zero-order valence-electron chi connectivity index (χ0n) is 14.5. The molecule has 1 aromatic carbocycles. The Hall–Kier alpha value is -3.04. The first-order chi connectivity index (χ1) is 12.7. The lowest BCUT2D eigenvalue weighted by Crippen LogP contribution is -2.30. The number of nitrogens with one attached hydrogen (secondary N) is 1. The smallest absolute Gasteiger partial charge is 0.336 e. The summed E-state index contributed by atoms with van der Waals surface area (Å²) in [6.07, 6.45) is -1.87. The Kier molecular flexibility index (Phi) is 5.06. The molecule has 0 unspecified atom stereocenters. The van der Waals surface area contributed by atoms with Crippen molar-refractivity contribution in [2.75, 3.05) is 25.0 Å². The zero-order chi connectivity index (χ0) is 19.6. The first-order valence-corrected chi connectivity index (χ1v) is 8.22. The molecule has 1 aromatic heterocycles. The van der Waals surface area contributed by atoms with Crippen LogP contribution in [0, 0.1) is 0 Å². The fourth-order valence-electron chi connectivity index (χ4n) is 2.86. The van der Waals surface area contributed by atoms with Gasteiger partial charge in [0, 0.05) is 43.8 Å². The number of anilines is 1. The van der Waals surface area contributed by atoms with Gasteiger partial charge in [-0.3, -0.25) is 9.69 Å². The standard InChI is InChI=1S/C17H18F3N5O2/c1-23(10-14-21-5-7-24(14)11-17(18,19)20)15(26)12-3-2-4-13(9-12)25-8-6-22-16(25)27/h2-5,7,9H,6,8,10-11H2,1H3,(H,22,27). The molecule has 2 heterocycles. The monoisotopic (exact) mass is 381 g/mol. The Morgan fingerprint density at radius 2 is 2.15 bits per heavy atom. The molecule has 0 radical (unpaired) electrons. The molecule has 1 aliphatic rings. The highest BCUT2D eigenvalue weighted by molar-refractivity contribution is 5.98. The van der Waals surface area contributed by atoms with E-state index in [1.807, 2.05) is 0 Å². The third-order valence-electron chi connectivity index (χ3n) is 4.14. The molecule has 1 fully saturated rings. The Balaban J connectivity index is 1.73. The second kappa shape index (κ2) is 7.29. The Labute approximate surface area is 153 Å². The number of urea groups is 1. The van der Waals surface area contributed by atoms with Gasteiger partial charge in [-0.05, 0) is 18.2 Å². The van der Waals surface area contributed by atoms with Gasteiger partial charge in [0.1, 0.15) is 12.4 Å². The van der Waals surface area contributed by atoms with Gasteiger partial charge in [-0.1, -0.05) is 6.07 Å². The lowest BCUT2D eigenvalue weighted by molar-refractivity contribution is -0.141. The summed E-state index contributed by atoms with van der Waals surface area (Å²) in [4.78, 5) is 31.2. The molecule has 0 saturated carbocycles. The largest absolute Gasteiger partial charge is 0.406 e. The van der Waals surface area contributed by atoms with Crippen LogP contribution in [0.3, 0.4) is 0 Å². The van der Waals surface area contributed by atoms with E-state index in [1.54, 1.807) is 24.3 Å². The summed E-state index contributed by atoms with van der Waals surface area (Å²) in [7, 11) is 1.49. The Morgan fingerprint density at radius 3 is 2.81 bits per heavy atom. The van der Waals surface area contributed by atoms with Crippen molar-refractivity contribution in [1.82, 2.24) is 19.8 Å². The van der Waals surface area contributed by atoms with Gasteiger partial charge in [0.15, 0.2) is 0 Å². The lowest BCUT2D eigenvalue weighted by Gasteiger charge is -2.20. The van der Waals surface area contributed by atoms with Gasteiger partial charge in [-0.15, -0.1) is 0 Å². The molecule has 10 heteroatoms. The molecule has 27 heavy (non-hydrogen) atoms. The van der Waals surface area contributed by atoms with Gasteiger partial charge < -0.3 is 14.8 Å². The Morgan fingerprint density at radius 1 is 1.37 bits per heavy atom. The number of benzene rings is 1. The van der Waals surface area contributed by atoms with Gasteiger partial charge in [0.2, 0.25) is 0 Å². The normalized spacial score (nSPS) is 14.4. The third-order valence-corrected chi connectivity index (χ3v) is 4.14. The number of carbonyl (C=O) groups excluding carboxylic acids is 2. The number of halogens is 3. The summed E-state index contributed by atoms with van der Waals surface area (Å²) in [5.74, 6) is -0.240. The van der Waals surface area contributed by atoms with Gasteiger partial charge in [0.25, 0.3) is 5.91 Å². The number of hydrogen-bond acceptors (Lipinski definition) is 3. The van der Waals surface area contributed by atoms with E-state index >= 15 is 0 Å². The highest BCUT2D eigenvalue weighted by Gasteiger charge is 2.29. The molecule has 0 spiro atoms. The molecule has 0 aliphatic carbocycles. The number of aromatic nitrogens is 2. The minimum atomic E-state index is -4.37. The second-order valence-electron chi connectivity index (χ2n) is 6.18. The van der Waals surface area contributed by atoms with E-state index in [4.69, 9.17) is 0 Å². The summed E-state index contributed by atoms with van der Waals surface area (Å²) < 4.78 is 38.8. The van der Waals surface area contributed by atoms with Crippen LogP contribution < -0.4 is 10.2 Å². The topological polar surface area (TPSA) is 70.5 Å². The second-order valence-corrected chi connectivity index (χ2v) is 6.18. The number of hydrogen-bond donors (Lipinski definition) is 1. The van der Waals surface area contributed by atoms with Crippen molar-refractivity contribution in [3.05, 3.63) is 48.0 Å². The molecule has 0 bridgehead atoms. The van der Waals surface area contributed by atoms with Crippen molar-refractivity contribution < 1.29 is 22.8 Å². The zero-order valence-corrected chi connectivity index (χ0v) is 14.5. The first kappa shape index (κ1) is 18.7. The lowest BCUT2D eigenvalue weighted by atomic mass is 10.1. The van der Waals surface area contributed by atoms with E-state index in [2.05, 4.69) is 10.3 Å². The molecule has 1 saturated heterocycles. The van der Waals surface area contributed by atoms with Crippen LogP contribution in [0.15, 0.2) is 36.7 Å². The highest BCUT2D eigenvalue weighted by atomic mass is 19.4. The highest BCUT2D eigenvalue weighted by Crippen LogP contribution is 2.21. The molecule has 2 aromatic rings. The van der Waals surface area contributed by atoms with Gasteiger partial charge in [-0.25, -0.2) is 9.78 Å². The average Bonchev–Trinajstić information content (AvgIpc) is 3.22. The molecule has 1 aliphatic heterocycles. The van der Waals surface area contributed by atoms with Crippen molar-refractivity contribution in [2.24, 2.45) is 0 Å². The first-order valence-electron chi connectivity index (χ1n) is 8.22. The van der Waals surface area contributed by atoms with E-state index in [9.17, 15) is 22.8 Å². The fraction of sp³-hybridized carbons (Fsp3) is 0.353. The van der Waals surface area contributed by atoms with Crippen molar-refractivity contribution in [3.8, 4) is 0 Å². The predicted octanol–water partition coefficient (Wildman–Crippen LogP) is 2.25. The number of carbonyl (C=O) groups is 2. The summed E-state index contributed by atoms with van der Waals surface area (Å²) in [6.45, 7) is -0.208. The third kappa shape index (κ3) is 4.39. The number of rotatable bonds is 5. The fourth-order valence-corrected chi connectivity index (χ4v) is 2.86. The summed E-state index contributed by atoms with van der Waals surface area (Å²) >= 11 is 0. The molecular weight excluding hydrogens is 363 g/mol. The molecule has 3 amide bonds. The molecular formula is C17H18F3N5O2.